The summed E-state index contributed by atoms with van der Waals surface area (Å²) in [4.78, 5) is 8.72. The average Bonchev–Trinajstić information content (AvgIpc) is 2.26. The molecule has 0 radical (unpaired) electrons. The molecule has 1 aromatic rings. The summed E-state index contributed by atoms with van der Waals surface area (Å²) in [6, 6.07) is 9.44. The van der Waals surface area contributed by atoms with Crippen LogP contribution in [0.1, 0.15) is 13.8 Å². The molecule has 1 aliphatic rings. The molecule has 1 aromatic carbocycles. The van der Waals surface area contributed by atoms with E-state index in [2.05, 4.69) is 9.05 Å². The van der Waals surface area contributed by atoms with Crippen LogP contribution in [0.15, 0.2) is 30.3 Å². The smallest absolute Gasteiger partial charge is 0.302 e. The number of hydrogen-bond acceptors (Lipinski definition) is 3. The van der Waals surface area contributed by atoms with Crippen LogP contribution in [0, 0.1) is 5.41 Å². The van der Waals surface area contributed by atoms with Crippen LogP contribution in [0.5, 0.6) is 0 Å². The zero-order valence-electron chi connectivity index (χ0n) is 9.80. The van der Waals surface area contributed by atoms with Crippen molar-refractivity contribution in [2.24, 2.45) is 5.41 Å². The quantitative estimate of drug-likeness (QED) is 0.738. The van der Waals surface area contributed by atoms with Gasteiger partial charge in [-0.15, -0.1) is 0 Å². The molecule has 1 fully saturated rings. The van der Waals surface area contributed by atoms with Crippen LogP contribution in [0.4, 0.5) is 0 Å². The van der Waals surface area contributed by atoms with E-state index < -0.39 is 7.82 Å². The molecule has 1 saturated heterocycles. The van der Waals surface area contributed by atoms with Gasteiger partial charge in [-0.1, -0.05) is 43.6 Å². The third-order valence-corrected chi connectivity index (χ3v) is 3.13. The monoisotopic (exact) mass is 278 g/mol. The number of hydrogen-bond donors (Lipinski definition) is 1. The van der Waals surface area contributed by atoms with Crippen molar-refractivity contribution in [2.45, 2.75) is 13.8 Å². The number of phosphoric ester groups is 1. The van der Waals surface area contributed by atoms with E-state index in [1.807, 2.05) is 44.2 Å². The van der Waals surface area contributed by atoms with Crippen LogP contribution in [-0.2, 0) is 13.6 Å². The topological polar surface area (TPSA) is 55.8 Å². The van der Waals surface area contributed by atoms with Gasteiger partial charge in [0, 0.05) is 10.4 Å². The Morgan fingerprint density at radius 3 is 2.00 bits per heavy atom. The summed E-state index contributed by atoms with van der Waals surface area (Å²) in [5, 5.41) is 0.794. The Morgan fingerprint density at radius 1 is 1.24 bits per heavy atom. The molecule has 0 spiro atoms. The summed E-state index contributed by atoms with van der Waals surface area (Å²) in [5.74, 6) is 0. The minimum atomic E-state index is -3.67. The highest BCUT2D eigenvalue weighted by molar-refractivity contribution is 7.47. The summed E-state index contributed by atoms with van der Waals surface area (Å²) < 4.78 is 19.8. The maximum atomic E-state index is 10.6. The maximum absolute atomic E-state index is 10.6. The van der Waals surface area contributed by atoms with Crippen LogP contribution in [0.2, 0.25) is 5.02 Å². The van der Waals surface area contributed by atoms with Crippen molar-refractivity contribution in [3.8, 4) is 0 Å². The minimum Gasteiger partial charge on any atom is -0.302 e. The van der Waals surface area contributed by atoms with Gasteiger partial charge in [0.25, 0.3) is 0 Å². The zero-order chi connectivity index (χ0) is 12.9. The van der Waals surface area contributed by atoms with E-state index in [0.717, 1.165) is 5.02 Å². The van der Waals surface area contributed by atoms with E-state index in [-0.39, 0.29) is 18.6 Å². The fourth-order valence-electron chi connectivity index (χ4n) is 1.01. The number of rotatable bonds is 0. The lowest BCUT2D eigenvalue weighted by Gasteiger charge is -2.30. The highest BCUT2D eigenvalue weighted by Crippen LogP contribution is 2.49. The molecule has 0 saturated carbocycles. The predicted molar refractivity (Wildman–Crippen MR) is 67.0 cm³/mol. The molecule has 96 valence electrons. The lowest BCUT2D eigenvalue weighted by Crippen LogP contribution is -2.29. The van der Waals surface area contributed by atoms with Gasteiger partial charge in [0.2, 0.25) is 0 Å². The van der Waals surface area contributed by atoms with Crippen LogP contribution in [0.3, 0.4) is 0 Å². The average molecular weight is 279 g/mol. The van der Waals surface area contributed by atoms with Crippen molar-refractivity contribution < 1.29 is 18.5 Å². The second-order valence-electron chi connectivity index (χ2n) is 4.48. The van der Waals surface area contributed by atoms with Gasteiger partial charge < -0.3 is 4.89 Å². The minimum absolute atomic E-state index is 0.142. The van der Waals surface area contributed by atoms with Crippen molar-refractivity contribution in [1.29, 1.82) is 0 Å². The third kappa shape index (κ3) is 6.20. The fourth-order valence-corrected chi connectivity index (χ4v) is 2.25. The third-order valence-electron chi connectivity index (χ3n) is 1.97. The maximum Gasteiger partial charge on any atom is 0.472 e. The van der Waals surface area contributed by atoms with E-state index in [9.17, 15) is 4.57 Å². The standard InChI is InChI=1S/C6H5Cl.C5H11O4P/c7-6-4-2-1-3-5-6;1-5(2)3-8-10(6,7)9-4-5/h1-5H;3-4H2,1-2H3,(H,6,7). The molecule has 6 heteroatoms. The van der Waals surface area contributed by atoms with Gasteiger partial charge >= 0.3 is 7.82 Å². The second kappa shape index (κ2) is 5.98. The molecule has 1 heterocycles. The first kappa shape index (κ1) is 14.7. The molecule has 4 nitrogen and oxygen atoms in total. The van der Waals surface area contributed by atoms with Crippen molar-refractivity contribution in [3.63, 3.8) is 0 Å². The predicted octanol–water partition coefficient (Wildman–Crippen LogP) is 3.50. The summed E-state index contributed by atoms with van der Waals surface area (Å²) in [5.41, 5.74) is -0.142. The Kier molecular flexibility index (Phi) is 5.17. The van der Waals surface area contributed by atoms with E-state index in [1.165, 1.54) is 0 Å². The molecule has 0 bridgehead atoms. The Labute approximate surface area is 106 Å². The van der Waals surface area contributed by atoms with E-state index in [4.69, 9.17) is 16.5 Å². The Balaban J connectivity index is 0.000000181. The summed E-state index contributed by atoms with van der Waals surface area (Å²) >= 11 is 5.54. The first-order chi connectivity index (χ1) is 7.81. The Morgan fingerprint density at radius 2 is 1.71 bits per heavy atom. The van der Waals surface area contributed by atoms with Crippen molar-refractivity contribution in [1.82, 2.24) is 0 Å². The largest absolute Gasteiger partial charge is 0.472 e. The van der Waals surface area contributed by atoms with Gasteiger partial charge in [-0.25, -0.2) is 4.57 Å². The van der Waals surface area contributed by atoms with Crippen molar-refractivity contribution >= 4 is 19.4 Å². The second-order valence-corrected chi connectivity index (χ2v) is 6.37. The SMILES string of the molecule is CC1(C)COP(=O)(O)OC1.Clc1ccccc1. The van der Waals surface area contributed by atoms with E-state index in [1.54, 1.807) is 0 Å². The van der Waals surface area contributed by atoms with Crippen LogP contribution >= 0.6 is 19.4 Å². The Hall–Kier alpha value is -0.380. The zero-order valence-corrected chi connectivity index (χ0v) is 11.4. The molecule has 0 aliphatic carbocycles. The molecule has 2 rings (SSSR count). The molecular weight excluding hydrogens is 263 g/mol. The normalized spacial score (nSPS) is 21.2. The van der Waals surface area contributed by atoms with E-state index in [0.29, 0.717) is 0 Å². The van der Waals surface area contributed by atoms with E-state index >= 15 is 0 Å². The molecule has 0 atom stereocenters. The molecule has 0 unspecified atom stereocenters. The molecule has 0 aromatic heterocycles. The van der Waals surface area contributed by atoms with Gasteiger partial charge in [-0.05, 0) is 12.1 Å². The van der Waals surface area contributed by atoms with Gasteiger partial charge in [0.15, 0.2) is 0 Å². The van der Waals surface area contributed by atoms with Gasteiger partial charge in [-0.2, -0.15) is 0 Å². The van der Waals surface area contributed by atoms with Gasteiger partial charge in [0.05, 0.1) is 13.2 Å². The fraction of sp³-hybridized carbons (Fsp3) is 0.455. The van der Waals surface area contributed by atoms with Gasteiger partial charge in [0.1, 0.15) is 0 Å². The van der Waals surface area contributed by atoms with Crippen LogP contribution < -0.4 is 0 Å². The highest BCUT2D eigenvalue weighted by Gasteiger charge is 2.34. The molecule has 1 N–H and O–H groups in total. The summed E-state index contributed by atoms with van der Waals surface area (Å²) in [6.07, 6.45) is 0. The molecule has 1 aliphatic heterocycles. The molecule has 0 amide bonds. The van der Waals surface area contributed by atoms with Gasteiger partial charge in [-0.3, -0.25) is 9.05 Å². The van der Waals surface area contributed by atoms with Crippen LogP contribution in [-0.4, -0.2) is 18.1 Å². The molecular formula is C11H16ClO4P. The molecule has 17 heavy (non-hydrogen) atoms. The first-order valence-corrected chi connectivity index (χ1v) is 7.01. The summed E-state index contributed by atoms with van der Waals surface area (Å²) in [6.45, 7) is 4.37. The number of halogens is 1. The van der Waals surface area contributed by atoms with Crippen molar-refractivity contribution in [2.75, 3.05) is 13.2 Å². The first-order valence-electron chi connectivity index (χ1n) is 5.13. The number of benzene rings is 1. The lowest BCUT2D eigenvalue weighted by atomic mass is 9.97. The van der Waals surface area contributed by atoms with Crippen LogP contribution in [0.25, 0.3) is 0 Å². The highest BCUT2D eigenvalue weighted by atomic mass is 35.5. The number of phosphoric acid groups is 1. The van der Waals surface area contributed by atoms with Crippen molar-refractivity contribution in [3.05, 3.63) is 35.4 Å². The summed E-state index contributed by atoms with van der Waals surface area (Å²) in [7, 11) is -3.67. The Bertz CT molecular complexity index is 380. The lowest BCUT2D eigenvalue weighted by molar-refractivity contribution is 0.0148.